The molecule has 0 saturated carbocycles. The molecule has 0 unspecified atom stereocenters. The Morgan fingerprint density at radius 3 is 2.27 bits per heavy atom. The summed E-state index contributed by atoms with van der Waals surface area (Å²) in [6, 6.07) is 6.57. The third kappa shape index (κ3) is 3.59. The number of benzene rings is 1. The van der Waals surface area contributed by atoms with Crippen LogP contribution in [-0.2, 0) is 6.42 Å². The van der Waals surface area contributed by atoms with E-state index >= 15 is 0 Å². The number of nitrogens with zero attached hydrogens (tertiary/aromatic N) is 3. The highest BCUT2D eigenvalue weighted by Gasteiger charge is 2.15. The zero-order valence-electron chi connectivity index (χ0n) is 16.9. The van der Waals surface area contributed by atoms with E-state index in [1.165, 1.54) is 47.2 Å². The Balaban J connectivity index is 2.07. The Hall–Kier alpha value is -2.36. The molecule has 0 aliphatic carbocycles. The molecule has 3 rings (SSSR count). The van der Waals surface area contributed by atoms with Gasteiger partial charge in [-0.1, -0.05) is 37.5 Å². The van der Waals surface area contributed by atoms with Crippen molar-refractivity contribution in [3.8, 4) is 0 Å². The number of aromatic nitrogens is 3. The molecule has 0 saturated heterocycles. The molecule has 3 aromatic rings. The second-order valence-corrected chi connectivity index (χ2v) is 7.40. The zero-order valence-corrected chi connectivity index (χ0v) is 16.9. The average Bonchev–Trinajstić information content (AvgIpc) is 2.87. The molecule has 26 heavy (non-hydrogen) atoms. The van der Waals surface area contributed by atoms with Gasteiger partial charge >= 0.3 is 0 Å². The highest BCUT2D eigenvalue weighted by Crippen LogP contribution is 2.27. The molecular formula is C22H30N4. The van der Waals surface area contributed by atoms with Gasteiger partial charge in [0.1, 0.15) is 5.82 Å². The number of hydrogen-bond donors (Lipinski definition) is 1. The molecule has 2 heterocycles. The summed E-state index contributed by atoms with van der Waals surface area (Å²) in [5.41, 5.74) is 8.26. The SMILES string of the molecule is CCCCCc1nc(C)n2c(Nc3c(C)cc(C)cc3C)nc(C)cc12. The van der Waals surface area contributed by atoms with Crippen LogP contribution in [0.3, 0.4) is 0 Å². The third-order valence-corrected chi connectivity index (χ3v) is 4.93. The highest BCUT2D eigenvalue weighted by molar-refractivity contribution is 5.67. The summed E-state index contributed by atoms with van der Waals surface area (Å²) >= 11 is 0. The summed E-state index contributed by atoms with van der Waals surface area (Å²) in [5.74, 6) is 1.84. The van der Waals surface area contributed by atoms with Gasteiger partial charge in [0.15, 0.2) is 0 Å². The molecule has 4 nitrogen and oxygen atoms in total. The van der Waals surface area contributed by atoms with Crippen molar-refractivity contribution in [2.45, 2.75) is 67.2 Å². The maximum absolute atomic E-state index is 4.85. The van der Waals surface area contributed by atoms with E-state index in [4.69, 9.17) is 9.97 Å². The van der Waals surface area contributed by atoms with E-state index < -0.39 is 0 Å². The van der Waals surface area contributed by atoms with Crippen LogP contribution in [0.5, 0.6) is 0 Å². The van der Waals surface area contributed by atoms with Gasteiger partial charge in [0.25, 0.3) is 0 Å². The highest BCUT2D eigenvalue weighted by atomic mass is 15.2. The van der Waals surface area contributed by atoms with Gasteiger partial charge in [0, 0.05) is 11.4 Å². The molecule has 4 heteroatoms. The second-order valence-electron chi connectivity index (χ2n) is 7.40. The first-order valence-electron chi connectivity index (χ1n) is 9.61. The summed E-state index contributed by atoms with van der Waals surface area (Å²) in [5, 5.41) is 3.58. The van der Waals surface area contributed by atoms with Gasteiger partial charge in [0.05, 0.1) is 11.2 Å². The van der Waals surface area contributed by atoms with E-state index in [2.05, 4.69) is 69.5 Å². The largest absolute Gasteiger partial charge is 0.325 e. The smallest absolute Gasteiger partial charge is 0.213 e. The normalized spacial score (nSPS) is 11.3. The molecule has 138 valence electrons. The fourth-order valence-corrected chi connectivity index (χ4v) is 3.77. The van der Waals surface area contributed by atoms with E-state index in [0.29, 0.717) is 0 Å². The fraction of sp³-hybridized carbons (Fsp3) is 0.455. The van der Waals surface area contributed by atoms with Crippen LogP contribution in [0.25, 0.3) is 5.52 Å². The Labute approximate surface area is 156 Å². The van der Waals surface area contributed by atoms with Crippen molar-refractivity contribution in [2.24, 2.45) is 0 Å². The first kappa shape index (κ1) is 18.4. The van der Waals surface area contributed by atoms with Gasteiger partial charge in [-0.2, -0.15) is 0 Å². The van der Waals surface area contributed by atoms with Crippen molar-refractivity contribution in [3.63, 3.8) is 0 Å². The minimum atomic E-state index is 0.849. The number of rotatable bonds is 6. The Morgan fingerprint density at radius 2 is 1.62 bits per heavy atom. The molecule has 2 aromatic heterocycles. The summed E-state index contributed by atoms with van der Waals surface area (Å²) < 4.78 is 2.16. The van der Waals surface area contributed by atoms with Gasteiger partial charge in [-0.25, -0.2) is 9.97 Å². The lowest BCUT2D eigenvalue weighted by Gasteiger charge is -2.15. The number of nitrogens with one attached hydrogen (secondary N) is 1. The molecule has 0 aliphatic heterocycles. The number of unbranched alkanes of at least 4 members (excludes halogenated alkanes) is 2. The van der Waals surface area contributed by atoms with Gasteiger partial charge < -0.3 is 5.32 Å². The number of fused-ring (bicyclic) bond motifs is 1. The minimum absolute atomic E-state index is 0.849. The van der Waals surface area contributed by atoms with Crippen molar-refractivity contribution in [2.75, 3.05) is 5.32 Å². The third-order valence-electron chi connectivity index (χ3n) is 4.93. The minimum Gasteiger partial charge on any atom is -0.325 e. The Morgan fingerprint density at radius 1 is 0.923 bits per heavy atom. The lowest BCUT2D eigenvalue weighted by Crippen LogP contribution is -2.06. The lowest BCUT2D eigenvalue weighted by atomic mass is 10.1. The first-order valence-corrected chi connectivity index (χ1v) is 9.61. The Bertz CT molecular complexity index is 914. The fourth-order valence-electron chi connectivity index (χ4n) is 3.77. The van der Waals surface area contributed by atoms with Crippen molar-refractivity contribution in [1.82, 2.24) is 14.4 Å². The topological polar surface area (TPSA) is 42.2 Å². The van der Waals surface area contributed by atoms with E-state index in [1.54, 1.807) is 0 Å². The number of anilines is 2. The Kier molecular flexibility index (Phi) is 5.30. The van der Waals surface area contributed by atoms with Crippen molar-refractivity contribution in [3.05, 3.63) is 52.1 Å². The van der Waals surface area contributed by atoms with Crippen molar-refractivity contribution >= 4 is 17.2 Å². The number of aryl methyl sites for hydroxylation is 6. The molecule has 0 spiro atoms. The molecule has 0 bridgehead atoms. The van der Waals surface area contributed by atoms with Gasteiger partial charge in [0.2, 0.25) is 5.95 Å². The monoisotopic (exact) mass is 350 g/mol. The zero-order chi connectivity index (χ0) is 18.8. The van der Waals surface area contributed by atoms with Crippen LogP contribution in [0.4, 0.5) is 11.6 Å². The van der Waals surface area contributed by atoms with Crippen LogP contribution in [-0.4, -0.2) is 14.4 Å². The van der Waals surface area contributed by atoms with Crippen LogP contribution in [0.1, 0.15) is 60.1 Å². The van der Waals surface area contributed by atoms with Gasteiger partial charge in [-0.15, -0.1) is 0 Å². The van der Waals surface area contributed by atoms with Gasteiger partial charge in [-0.3, -0.25) is 4.40 Å². The quantitative estimate of drug-likeness (QED) is 0.576. The second kappa shape index (κ2) is 7.48. The van der Waals surface area contributed by atoms with E-state index in [1.807, 2.05) is 0 Å². The first-order chi connectivity index (χ1) is 12.4. The maximum atomic E-state index is 4.85. The molecule has 0 fully saturated rings. The van der Waals surface area contributed by atoms with E-state index in [-0.39, 0.29) is 0 Å². The molecular weight excluding hydrogens is 320 g/mol. The predicted octanol–water partition coefficient (Wildman–Crippen LogP) is 5.75. The summed E-state index contributed by atoms with van der Waals surface area (Å²) in [6.45, 7) is 12.8. The van der Waals surface area contributed by atoms with E-state index in [9.17, 15) is 0 Å². The maximum Gasteiger partial charge on any atom is 0.213 e. The predicted molar refractivity (Wildman–Crippen MR) is 110 cm³/mol. The van der Waals surface area contributed by atoms with Gasteiger partial charge in [-0.05, 0) is 64.7 Å². The molecule has 0 radical (unpaired) electrons. The number of hydrogen-bond acceptors (Lipinski definition) is 3. The molecule has 1 aromatic carbocycles. The van der Waals surface area contributed by atoms with Crippen LogP contribution in [0, 0.1) is 34.6 Å². The molecule has 0 aliphatic rings. The van der Waals surface area contributed by atoms with Crippen molar-refractivity contribution < 1.29 is 0 Å². The number of imidazole rings is 1. The van der Waals surface area contributed by atoms with Crippen molar-refractivity contribution in [1.29, 1.82) is 0 Å². The standard InChI is InChI=1S/C22H30N4/c1-7-8-9-10-19-20-13-17(5)23-22(26(20)18(6)24-19)25-21-15(3)11-14(2)12-16(21)4/h11-13H,7-10H2,1-6H3,(H,23,25). The van der Waals surface area contributed by atoms with E-state index in [0.717, 1.165) is 29.6 Å². The molecule has 0 atom stereocenters. The molecule has 1 N–H and O–H groups in total. The van der Waals surface area contributed by atoms with Crippen LogP contribution in [0.15, 0.2) is 18.2 Å². The summed E-state index contributed by atoms with van der Waals surface area (Å²) in [4.78, 5) is 9.63. The summed E-state index contributed by atoms with van der Waals surface area (Å²) in [7, 11) is 0. The molecule has 0 amide bonds. The lowest BCUT2D eigenvalue weighted by molar-refractivity contribution is 0.711. The van der Waals surface area contributed by atoms with Crippen LogP contribution >= 0.6 is 0 Å². The van der Waals surface area contributed by atoms with Crippen LogP contribution in [0.2, 0.25) is 0 Å². The average molecular weight is 351 g/mol. The summed E-state index contributed by atoms with van der Waals surface area (Å²) in [6.07, 6.45) is 4.68. The van der Waals surface area contributed by atoms with Crippen LogP contribution < -0.4 is 5.32 Å².